The van der Waals surface area contributed by atoms with E-state index in [0.29, 0.717) is 18.4 Å². The molecule has 2 atom stereocenters. The molecule has 1 saturated heterocycles. The number of piperidine rings is 1. The van der Waals surface area contributed by atoms with Gasteiger partial charge in [-0.25, -0.2) is 8.42 Å². The van der Waals surface area contributed by atoms with E-state index >= 15 is 0 Å². The Morgan fingerprint density at radius 2 is 1.50 bits per heavy atom. The average Bonchev–Trinajstić information content (AvgIpc) is 2.81. The minimum absolute atomic E-state index is 0.0907. The lowest BCUT2D eigenvalue weighted by molar-refractivity contribution is -0.117. The maximum Gasteiger partial charge on any atom is 0.251 e. The fourth-order valence-electron chi connectivity index (χ4n) is 8.19. The molecular weight excluding hydrogens is 474 g/mol. The Balaban J connectivity index is 1.22. The van der Waals surface area contributed by atoms with E-state index in [1.54, 1.807) is 24.3 Å². The fourth-order valence-corrected chi connectivity index (χ4v) is 10.0. The maximum atomic E-state index is 13.5. The quantitative estimate of drug-likeness (QED) is 0.541. The number of carbonyl (C=O) groups is 2. The van der Waals surface area contributed by atoms with Crippen molar-refractivity contribution in [1.29, 1.82) is 0 Å². The predicted octanol–water partition coefficient (Wildman–Crippen LogP) is 3.87. The molecule has 2 unspecified atom stereocenters. The highest BCUT2D eigenvalue weighted by molar-refractivity contribution is 7.89. The fraction of sp³-hybridized carbons (Fsp3) is 0.643. The summed E-state index contributed by atoms with van der Waals surface area (Å²) >= 11 is 0. The van der Waals surface area contributed by atoms with E-state index in [0.717, 1.165) is 24.3 Å². The van der Waals surface area contributed by atoms with Crippen LogP contribution in [-0.4, -0.2) is 49.2 Å². The van der Waals surface area contributed by atoms with Gasteiger partial charge in [-0.05, 0) is 119 Å². The Kier molecular flexibility index (Phi) is 6.79. The van der Waals surface area contributed by atoms with Crippen molar-refractivity contribution in [2.75, 3.05) is 6.54 Å². The molecule has 0 radical (unpaired) electrons. The molecule has 6 rings (SSSR count). The lowest BCUT2D eigenvalue weighted by Crippen LogP contribution is -2.54. The second-order valence-corrected chi connectivity index (χ2v) is 13.9. The topological polar surface area (TPSA) is 95.6 Å². The van der Waals surface area contributed by atoms with E-state index in [9.17, 15) is 18.0 Å². The van der Waals surface area contributed by atoms with Crippen LogP contribution in [0.15, 0.2) is 41.8 Å². The largest absolute Gasteiger partial charge is 0.351 e. The number of sulfonamides is 1. The zero-order valence-electron chi connectivity index (χ0n) is 21.4. The molecular formula is C28H39N3O4S. The van der Waals surface area contributed by atoms with Gasteiger partial charge in [0, 0.05) is 30.2 Å². The number of carbonyl (C=O) groups excluding carboxylic acids is 2. The van der Waals surface area contributed by atoms with Gasteiger partial charge in [-0.3, -0.25) is 9.59 Å². The number of hydrogen-bond acceptors (Lipinski definition) is 4. The van der Waals surface area contributed by atoms with Crippen LogP contribution in [0.5, 0.6) is 0 Å². The molecule has 1 aliphatic heterocycles. The number of hydrogen-bond donors (Lipinski definition) is 2. The van der Waals surface area contributed by atoms with Gasteiger partial charge in [-0.15, -0.1) is 0 Å². The molecule has 4 bridgehead atoms. The van der Waals surface area contributed by atoms with Crippen LogP contribution < -0.4 is 10.6 Å². The Labute approximate surface area is 215 Å². The molecule has 4 saturated carbocycles. The van der Waals surface area contributed by atoms with E-state index in [1.807, 2.05) is 13.8 Å². The van der Waals surface area contributed by atoms with Gasteiger partial charge in [0.1, 0.15) is 0 Å². The second kappa shape index (κ2) is 9.60. The molecule has 196 valence electrons. The van der Waals surface area contributed by atoms with Crippen LogP contribution >= 0.6 is 0 Å². The molecule has 0 aromatic heterocycles. The number of rotatable bonds is 7. The van der Waals surface area contributed by atoms with E-state index in [2.05, 4.69) is 17.2 Å². The van der Waals surface area contributed by atoms with Crippen molar-refractivity contribution in [2.24, 2.45) is 23.2 Å². The van der Waals surface area contributed by atoms with Gasteiger partial charge in [0.2, 0.25) is 15.9 Å². The highest BCUT2D eigenvalue weighted by atomic mass is 32.2. The van der Waals surface area contributed by atoms with Crippen molar-refractivity contribution in [3.05, 3.63) is 42.5 Å². The molecule has 1 aromatic carbocycles. The van der Waals surface area contributed by atoms with Gasteiger partial charge in [0.15, 0.2) is 0 Å². The van der Waals surface area contributed by atoms with E-state index in [-0.39, 0.29) is 40.3 Å². The van der Waals surface area contributed by atoms with Crippen LogP contribution in [-0.2, 0) is 14.8 Å². The molecule has 0 spiro atoms. The third kappa shape index (κ3) is 4.86. The summed E-state index contributed by atoms with van der Waals surface area (Å²) in [5, 5.41) is 6.07. The van der Waals surface area contributed by atoms with Crippen LogP contribution in [0.4, 0.5) is 0 Å². The van der Waals surface area contributed by atoms with Gasteiger partial charge in [-0.1, -0.05) is 6.58 Å². The van der Waals surface area contributed by atoms with Crippen molar-refractivity contribution in [2.45, 2.75) is 88.2 Å². The van der Waals surface area contributed by atoms with E-state index < -0.39 is 10.0 Å². The first kappa shape index (κ1) is 25.5. The zero-order valence-corrected chi connectivity index (χ0v) is 22.2. The SMILES string of the molecule is C=CC(=O)NC1CC(C)N(S(=O)(=O)c2ccc(C(=O)NCC34CC5CC(CC(C5)C3)C4)cc2)C(C)C1. The first-order valence-electron chi connectivity index (χ1n) is 13.4. The van der Waals surface area contributed by atoms with Crippen LogP contribution in [0.1, 0.15) is 75.6 Å². The standard InChI is InChI=1S/C28H39N3O4S/c1-4-26(32)30-24-9-18(2)31(19(3)10-24)36(34,35)25-7-5-23(6-8-25)27(33)29-17-28-14-20-11-21(15-28)13-22(12-20)16-28/h4-8,18-22,24H,1,9-17H2,2-3H3,(H,29,33)(H,30,32). The number of nitrogens with one attached hydrogen (secondary N) is 2. The summed E-state index contributed by atoms with van der Waals surface area (Å²) in [4.78, 5) is 24.8. The van der Waals surface area contributed by atoms with Gasteiger partial charge < -0.3 is 10.6 Å². The second-order valence-electron chi connectivity index (χ2n) is 12.0. The molecule has 5 aliphatic rings. The lowest BCUT2D eigenvalue weighted by Gasteiger charge is -2.56. The summed E-state index contributed by atoms with van der Waals surface area (Å²) in [7, 11) is -3.73. The summed E-state index contributed by atoms with van der Waals surface area (Å²) in [6.45, 7) is 7.94. The van der Waals surface area contributed by atoms with Crippen molar-refractivity contribution >= 4 is 21.8 Å². The van der Waals surface area contributed by atoms with Crippen LogP contribution in [0.3, 0.4) is 0 Å². The minimum atomic E-state index is -3.73. The monoisotopic (exact) mass is 513 g/mol. The van der Waals surface area contributed by atoms with Crippen LogP contribution in [0, 0.1) is 23.2 Å². The van der Waals surface area contributed by atoms with Gasteiger partial charge >= 0.3 is 0 Å². The minimum Gasteiger partial charge on any atom is -0.351 e. The molecule has 7 nitrogen and oxygen atoms in total. The number of nitrogens with zero attached hydrogens (tertiary/aromatic N) is 1. The maximum absolute atomic E-state index is 13.5. The zero-order chi connectivity index (χ0) is 25.7. The predicted molar refractivity (Wildman–Crippen MR) is 139 cm³/mol. The molecule has 8 heteroatoms. The van der Waals surface area contributed by atoms with Gasteiger partial charge in [0.25, 0.3) is 5.91 Å². The Morgan fingerprint density at radius 1 is 0.972 bits per heavy atom. The molecule has 1 heterocycles. The van der Waals surface area contributed by atoms with E-state index in [1.165, 1.54) is 48.9 Å². The normalized spacial score (nSPS) is 35.8. The van der Waals surface area contributed by atoms with Crippen molar-refractivity contribution < 1.29 is 18.0 Å². The first-order valence-corrected chi connectivity index (χ1v) is 14.9. The summed E-state index contributed by atoms with van der Waals surface area (Å²) in [6.07, 6.45) is 10.1. The van der Waals surface area contributed by atoms with Gasteiger partial charge in [-0.2, -0.15) is 4.31 Å². The summed E-state index contributed by atoms with van der Waals surface area (Å²) < 4.78 is 28.5. The highest BCUT2D eigenvalue weighted by Gasteiger charge is 2.50. The van der Waals surface area contributed by atoms with Crippen molar-refractivity contribution in [3.8, 4) is 0 Å². The summed E-state index contributed by atoms with van der Waals surface area (Å²) in [5.74, 6) is 2.14. The molecule has 1 aromatic rings. The summed E-state index contributed by atoms with van der Waals surface area (Å²) in [6, 6.07) is 5.70. The highest BCUT2D eigenvalue weighted by Crippen LogP contribution is 2.59. The molecule has 2 amide bonds. The van der Waals surface area contributed by atoms with Crippen LogP contribution in [0.25, 0.3) is 0 Å². The van der Waals surface area contributed by atoms with Crippen molar-refractivity contribution in [1.82, 2.24) is 14.9 Å². The Bertz CT molecular complexity index is 1080. The first-order chi connectivity index (χ1) is 17.1. The van der Waals surface area contributed by atoms with Crippen LogP contribution in [0.2, 0.25) is 0 Å². The Hall–Kier alpha value is -2.19. The molecule has 2 N–H and O–H groups in total. The molecule has 4 aliphatic carbocycles. The lowest BCUT2D eigenvalue weighted by atomic mass is 9.49. The number of amides is 2. The third-order valence-electron chi connectivity index (χ3n) is 9.13. The molecule has 36 heavy (non-hydrogen) atoms. The van der Waals surface area contributed by atoms with E-state index in [4.69, 9.17) is 0 Å². The van der Waals surface area contributed by atoms with Crippen molar-refractivity contribution in [3.63, 3.8) is 0 Å². The average molecular weight is 514 g/mol. The third-order valence-corrected chi connectivity index (χ3v) is 11.3. The number of benzene rings is 1. The van der Waals surface area contributed by atoms with Gasteiger partial charge in [0.05, 0.1) is 4.90 Å². The smallest absolute Gasteiger partial charge is 0.251 e. The Morgan fingerprint density at radius 3 is 2.00 bits per heavy atom. The molecule has 5 fully saturated rings. The summed E-state index contributed by atoms with van der Waals surface area (Å²) in [5.41, 5.74) is 0.752.